The number of hydrogen-bond donors (Lipinski definition) is 1. The highest BCUT2D eigenvalue weighted by molar-refractivity contribution is 6.30. The van der Waals surface area contributed by atoms with Crippen LogP contribution in [0.2, 0.25) is 5.02 Å². The number of halogens is 1. The number of hydrogen-bond acceptors (Lipinski definition) is 4. The molecule has 0 bridgehead atoms. The van der Waals surface area contributed by atoms with Crippen molar-refractivity contribution in [3.63, 3.8) is 0 Å². The molecule has 3 rings (SSSR count). The number of nitrogens with two attached hydrogens (primary N) is 1. The lowest BCUT2D eigenvalue weighted by atomic mass is 9.89. The molecule has 6 heteroatoms. The normalized spacial score (nSPS) is 16.0. The molecular formula is C15H17ClN4O. The van der Waals surface area contributed by atoms with Gasteiger partial charge in [0, 0.05) is 16.5 Å². The quantitative estimate of drug-likeness (QED) is 0.922. The van der Waals surface area contributed by atoms with Crippen molar-refractivity contribution in [1.82, 2.24) is 14.8 Å². The van der Waals surface area contributed by atoms with E-state index in [0.717, 1.165) is 31.2 Å². The molecule has 0 amide bonds. The van der Waals surface area contributed by atoms with Crippen LogP contribution in [-0.2, 0) is 0 Å². The molecule has 1 aromatic carbocycles. The molecule has 2 aromatic rings. The summed E-state index contributed by atoms with van der Waals surface area (Å²) in [7, 11) is 0. The third-order valence-corrected chi connectivity index (χ3v) is 4.15. The fourth-order valence-corrected chi connectivity index (χ4v) is 2.86. The number of rotatable bonds is 2. The van der Waals surface area contributed by atoms with Gasteiger partial charge in [-0.15, -0.1) is 5.10 Å². The van der Waals surface area contributed by atoms with E-state index in [2.05, 4.69) is 10.1 Å². The van der Waals surface area contributed by atoms with E-state index in [1.165, 1.54) is 11.1 Å². The molecule has 1 aliphatic carbocycles. The Bertz CT molecular complexity index is 644. The highest BCUT2D eigenvalue weighted by atomic mass is 35.5. The molecule has 0 saturated heterocycles. The predicted molar refractivity (Wildman–Crippen MR) is 82.1 cm³/mol. The predicted octanol–water partition coefficient (Wildman–Crippen LogP) is 3.40. The number of nitrogens with zero attached hydrogens (tertiary/aromatic N) is 3. The van der Waals surface area contributed by atoms with Crippen molar-refractivity contribution in [3.8, 4) is 11.4 Å². The molecule has 1 aliphatic rings. The van der Waals surface area contributed by atoms with E-state index in [0.29, 0.717) is 10.8 Å². The SMILES string of the molecule is Nc1nc(-c2ccc(Cl)cc2)nn1C(=O)C1CCCCC1. The minimum absolute atomic E-state index is 0.0146. The average Bonchev–Trinajstić information content (AvgIpc) is 2.90. The van der Waals surface area contributed by atoms with Crippen molar-refractivity contribution in [2.45, 2.75) is 32.1 Å². The zero-order valence-corrected chi connectivity index (χ0v) is 12.4. The average molecular weight is 305 g/mol. The molecule has 0 spiro atoms. The van der Waals surface area contributed by atoms with Crippen molar-refractivity contribution in [1.29, 1.82) is 0 Å². The van der Waals surface area contributed by atoms with Gasteiger partial charge in [-0.3, -0.25) is 4.79 Å². The first kappa shape index (κ1) is 14.1. The smallest absolute Gasteiger partial charge is 0.253 e. The first-order valence-corrected chi connectivity index (χ1v) is 7.55. The van der Waals surface area contributed by atoms with Gasteiger partial charge < -0.3 is 5.73 Å². The lowest BCUT2D eigenvalue weighted by Gasteiger charge is -2.19. The van der Waals surface area contributed by atoms with Crippen LogP contribution in [0.5, 0.6) is 0 Å². The summed E-state index contributed by atoms with van der Waals surface area (Å²) in [4.78, 5) is 16.7. The summed E-state index contributed by atoms with van der Waals surface area (Å²) < 4.78 is 1.25. The highest BCUT2D eigenvalue weighted by Crippen LogP contribution is 2.26. The van der Waals surface area contributed by atoms with Gasteiger partial charge in [-0.25, -0.2) is 0 Å². The van der Waals surface area contributed by atoms with Crippen LogP contribution < -0.4 is 5.73 Å². The first-order valence-electron chi connectivity index (χ1n) is 7.18. The van der Waals surface area contributed by atoms with E-state index < -0.39 is 0 Å². The standard InChI is InChI=1S/C15H17ClN4O/c16-12-8-6-10(7-9-12)13-18-15(17)20(19-13)14(21)11-4-2-1-3-5-11/h6-9,11H,1-5H2,(H2,17,18,19). The minimum Gasteiger partial charge on any atom is -0.368 e. The maximum Gasteiger partial charge on any atom is 0.253 e. The molecule has 1 saturated carbocycles. The molecule has 110 valence electrons. The van der Waals surface area contributed by atoms with Crippen LogP contribution in [0.1, 0.15) is 36.9 Å². The van der Waals surface area contributed by atoms with Gasteiger partial charge in [0.05, 0.1) is 0 Å². The topological polar surface area (TPSA) is 73.8 Å². The van der Waals surface area contributed by atoms with Gasteiger partial charge in [-0.1, -0.05) is 30.9 Å². The van der Waals surface area contributed by atoms with E-state index in [9.17, 15) is 4.79 Å². The number of aromatic nitrogens is 3. The zero-order chi connectivity index (χ0) is 14.8. The maximum atomic E-state index is 12.5. The second-order valence-electron chi connectivity index (χ2n) is 5.39. The number of benzene rings is 1. The number of anilines is 1. The molecule has 0 radical (unpaired) electrons. The summed E-state index contributed by atoms with van der Waals surface area (Å²) in [5.41, 5.74) is 6.65. The van der Waals surface area contributed by atoms with Crippen LogP contribution >= 0.6 is 11.6 Å². The van der Waals surface area contributed by atoms with E-state index in [4.69, 9.17) is 17.3 Å². The van der Waals surface area contributed by atoms with Gasteiger partial charge in [-0.05, 0) is 37.1 Å². The molecule has 0 unspecified atom stereocenters. The Morgan fingerprint density at radius 1 is 1.19 bits per heavy atom. The molecule has 1 fully saturated rings. The Hall–Kier alpha value is -1.88. The number of nitrogen functional groups attached to an aromatic ring is 1. The van der Waals surface area contributed by atoms with Gasteiger partial charge in [0.1, 0.15) is 0 Å². The fourth-order valence-electron chi connectivity index (χ4n) is 2.73. The van der Waals surface area contributed by atoms with Crippen LogP contribution in [0.25, 0.3) is 11.4 Å². The number of carbonyl (C=O) groups is 1. The third-order valence-electron chi connectivity index (χ3n) is 3.90. The Morgan fingerprint density at radius 2 is 1.86 bits per heavy atom. The molecule has 5 nitrogen and oxygen atoms in total. The van der Waals surface area contributed by atoms with Crippen molar-refractivity contribution < 1.29 is 4.79 Å². The molecule has 2 N–H and O–H groups in total. The molecule has 21 heavy (non-hydrogen) atoms. The van der Waals surface area contributed by atoms with E-state index in [1.807, 2.05) is 12.1 Å². The highest BCUT2D eigenvalue weighted by Gasteiger charge is 2.25. The summed E-state index contributed by atoms with van der Waals surface area (Å²) in [5.74, 6) is 0.574. The first-order chi connectivity index (χ1) is 10.1. The van der Waals surface area contributed by atoms with Crippen molar-refractivity contribution in [3.05, 3.63) is 29.3 Å². The zero-order valence-electron chi connectivity index (χ0n) is 11.6. The monoisotopic (exact) mass is 304 g/mol. The van der Waals surface area contributed by atoms with Crippen molar-refractivity contribution in [2.75, 3.05) is 5.73 Å². The van der Waals surface area contributed by atoms with E-state index in [1.54, 1.807) is 12.1 Å². The Morgan fingerprint density at radius 3 is 2.52 bits per heavy atom. The second-order valence-corrected chi connectivity index (χ2v) is 5.82. The Balaban J connectivity index is 1.87. The second kappa shape index (κ2) is 5.85. The Labute approximate surface area is 128 Å². The summed E-state index contributed by atoms with van der Waals surface area (Å²) in [6.07, 6.45) is 5.21. The Kier molecular flexibility index (Phi) is 3.92. The van der Waals surface area contributed by atoms with E-state index >= 15 is 0 Å². The van der Waals surface area contributed by atoms with Gasteiger partial charge in [0.25, 0.3) is 5.91 Å². The van der Waals surface area contributed by atoms with Gasteiger partial charge in [0.15, 0.2) is 5.82 Å². The lowest BCUT2D eigenvalue weighted by molar-refractivity contribution is 0.0788. The van der Waals surface area contributed by atoms with Gasteiger partial charge >= 0.3 is 0 Å². The molecule has 1 aromatic heterocycles. The van der Waals surface area contributed by atoms with Crippen LogP contribution in [0.3, 0.4) is 0 Å². The van der Waals surface area contributed by atoms with Gasteiger partial charge in [-0.2, -0.15) is 9.67 Å². The van der Waals surface area contributed by atoms with Gasteiger partial charge in [0.2, 0.25) is 5.95 Å². The summed E-state index contributed by atoms with van der Waals surface area (Å²) in [5, 5.41) is 4.92. The molecule has 0 aliphatic heterocycles. The van der Waals surface area contributed by atoms with Crippen molar-refractivity contribution in [2.24, 2.45) is 5.92 Å². The summed E-state index contributed by atoms with van der Waals surface area (Å²) in [6, 6.07) is 7.15. The van der Waals surface area contributed by atoms with Crippen LogP contribution in [0, 0.1) is 5.92 Å². The minimum atomic E-state index is -0.0417. The fraction of sp³-hybridized carbons (Fsp3) is 0.400. The third kappa shape index (κ3) is 2.93. The largest absolute Gasteiger partial charge is 0.368 e. The summed E-state index contributed by atoms with van der Waals surface area (Å²) in [6.45, 7) is 0. The maximum absolute atomic E-state index is 12.5. The lowest BCUT2D eigenvalue weighted by Crippen LogP contribution is -2.26. The van der Waals surface area contributed by atoms with Crippen molar-refractivity contribution >= 4 is 23.5 Å². The number of carbonyl (C=O) groups excluding carboxylic acids is 1. The molecule has 0 atom stereocenters. The molecular weight excluding hydrogens is 288 g/mol. The molecule has 1 heterocycles. The van der Waals surface area contributed by atoms with Crippen LogP contribution in [-0.4, -0.2) is 20.7 Å². The van der Waals surface area contributed by atoms with E-state index in [-0.39, 0.29) is 17.8 Å². The van der Waals surface area contributed by atoms with Crippen LogP contribution in [0.4, 0.5) is 5.95 Å². The van der Waals surface area contributed by atoms with Crippen LogP contribution in [0.15, 0.2) is 24.3 Å². The summed E-state index contributed by atoms with van der Waals surface area (Å²) >= 11 is 5.86.